The van der Waals surface area contributed by atoms with Gasteiger partial charge in [0.1, 0.15) is 0 Å². The Morgan fingerprint density at radius 2 is 1.41 bits per heavy atom. The Balaban J connectivity index is 3.15. The fraction of sp³-hybridized carbons (Fsp3) is 0.743. The Hall–Kier alpha value is -1.22. The first kappa shape index (κ1) is 37.8. The predicted octanol–water partition coefficient (Wildman–Crippen LogP) is 10.6. The Bertz CT molecular complexity index is 887. The minimum absolute atomic E-state index is 0.0970. The van der Waals surface area contributed by atoms with Gasteiger partial charge in [0.05, 0.1) is 19.3 Å². The van der Waals surface area contributed by atoms with Gasteiger partial charge in [-0.25, -0.2) is 0 Å². The summed E-state index contributed by atoms with van der Waals surface area (Å²) in [6, 6.07) is 0. The quantitative estimate of drug-likeness (QED) is 0.0998. The van der Waals surface area contributed by atoms with Gasteiger partial charge in [-0.2, -0.15) is 0 Å². The SMILES string of the molecule is CC/C=C\C/C=C\C/C=C\C[C@H]1CC[C@H](O[Si](C)(C)C(C)(C)C)[C@H]1/C=C/[C@H](CCC(=O)OC)O[Si](C)(C)C(C)(C)C. The van der Waals surface area contributed by atoms with E-state index in [4.69, 9.17) is 13.6 Å². The van der Waals surface area contributed by atoms with Gasteiger partial charge in [0.25, 0.3) is 0 Å². The molecule has 1 aliphatic rings. The first-order valence-electron chi connectivity index (χ1n) is 16.0. The molecule has 0 radical (unpaired) electrons. The summed E-state index contributed by atoms with van der Waals surface area (Å²) in [5.41, 5.74) is 0. The highest BCUT2D eigenvalue weighted by Gasteiger charge is 2.44. The van der Waals surface area contributed by atoms with E-state index in [1.807, 2.05) is 0 Å². The molecular formula is C35H64O4Si2. The fourth-order valence-corrected chi connectivity index (χ4v) is 7.35. The molecule has 41 heavy (non-hydrogen) atoms. The van der Waals surface area contributed by atoms with Crippen molar-refractivity contribution in [2.24, 2.45) is 11.8 Å². The van der Waals surface area contributed by atoms with Crippen molar-refractivity contribution in [3.63, 3.8) is 0 Å². The maximum atomic E-state index is 12.0. The van der Waals surface area contributed by atoms with Crippen molar-refractivity contribution < 1.29 is 18.4 Å². The third-order valence-electron chi connectivity index (χ3n) is 9.43. The second kappa shape index (κ2) is 17.2. The van der Waals surface area contributed by atoms with Crippen molar-refractivity contribution in [3.8, 4) is 0 Å². The standard InChI is InChI=1S/C35H64O4Si2/c1-13-14-15-16-17-18-19-20-21-22-29-23-27-32(39-41(11,12)35(5,6)7)31(29)26-24-30(25-28-33(36)37-8)38-40(9,10)34(2,3)4/h14-15,17-18,20-21,24,26,29-32H,13,16,19,22-23,25,27-28H2,1-12H3/b15-14-,18-17-,21-20-,26-24+/t29-,30+,31-,32-/m0/s1. The molecule has 0 aromatic heterocycles. The van der Waals surface area contributed by atoms with Gasteiger partial charge in [-0.1, -0.05) is 97.1 Å². The average Bonchev–Trinajstić information content (AvgIpc) is 3.23. The lowest BCUT2D eigenvalue weighted by atomic mass is 9.90. The van der Waals surface area contributed by atoms with Crippen LogP contribution >= 0.6 is 0 Å². The van der Waals surface area contributed by atoms with Crippen molar-refractivity contribution in [2.45, 2.75) is 148 Å². The maximum Gasteiger partial charge on any atom is 0.305 e. The number of esters is 1. The van der Waals surface area contributed by atoms with Crippen LogP contribution in [0.1, 0.15) is 99.8 Å². The molecule has 1 fully saturated rings. The van der Waals surface area contributed by atoms with Crippen molar-refractivity contribution in [3.05, 3.63) is 48.6 Å². The Labute approximate surface area is 256 Å². The first-order chi connectivity index (χ1) is 18.9. The minimum atomic E-state index is -2.02. The maximum absolute atomic E-state index is 12.0. The number of carbonyl (C=O) groups excluding carboxylic acids is 1. The van der Waals surface area contributed by atoms with Crippen LogP contribution in [0.5, 0.6) is 0 Å². The molecule has 1 aliphatic carbocycles. The molecule has 0 unspecified atom stereocenters. The number of ether oxygens (including phenoxy) is 1. The van der Waals surface area contributed by atoms with E-state index in [0.717, 1.165) is 32.1 Å². The highest BCUT2D eigenvalue weighted by atomic mass is 28.4. The summed E-state index contributed by atoms with van der Waals surface area (Å²) in [5, 5.41) is 0.270. The van der Waals surface area contributed by atoms with Crippen LogP contribution in [0.3, 0.4) is 0 Å². The topological polar surface area (TPSA) is 44.8 Å². The molecule has 0 aromatic carbocycles. The van der Waals surface area contributed by atoms with Crippen LogP contribution in [0.25, 0.3) is 0 Å². The number of methoxy groups -OCH3 is 1. The van der Waals surface area contributed by atoms with Crippen LogP contribution in [0.15, 0.2) is 48.6 Å². The molecule has 1 rings (SSSR count). The zero-order valence-electron chi connectivity index (χ0n) is 28.7. The summed E-state index contributed by atoms with van der Waals surface area (Å²) in [6.07, 6.45) is 25.8. The lowest BCUT2D eigenvalue weighted by molar-refractivity contribution is -0.141. The molecule has 0 spiro atoms. The number of hydrogen-bond donors (Lipinski definition) is 0. The zero-order chi connectivity index (χ0) is 31.3. The minimum Gasteiger partial charge on any atom is -0.469 e. The van der Waals surface area contributed by atoms with E-state index in [2.05, 4.69) is 123 Å². The van der Waals surface area contributed by atoms with Crippen LogP contribution in [-0.2, 0) is 18.4 Å². The van der Waals surface area contributed by atoms with E-state index in [1.165, 1.54) is 13.5 Å². The van der Waals surface area contributed by atoms with E-state index in [1.54, 1.807) is 0 Å². The fourth-order valence-electron chi connectivity index (χ4n) is 4.66. The monoisotopic (exact) mass is 604 g/mol. The third-order valence-corrected chi connectivity index (χ3v) is 18.4. The number of rotatable bonds is 16. The molecule has 4 atom stereocenters. The van der Waals surface area contributed by atoms with Crippen LogP contribution < -0.4 is 0 Å². The molecule has 1 saturated carbocycles. The van der Waals surface area contributed by atoms with Gasteiger partial charge in [-0.3, -0.25) is 4.79 Å². The molecule has 0 bridgehead atoms. The highest BCUT2D eigenvalue weighted by molar-refractivity contribution is 6.74. The third kappa shape index (κ3) is 13.3. The number of allylic oxidation sites excluding steroid dienone is 6. The highest BCUT2D eigenvalue weighted by Crippen LogP contribution is 2.44. The smallest absolute Gasteiger partial charge is 0.305 e. The Morgan fingerprint density at radius 3 is 1.95 bits per heavy atom. The molecule has 4 nitrogen and oxygen atoms in total. The second-order valence-corrected chi connectivity index (χ2v) is 24.3. The molecule has 0 saturated heterocycles. The van der Waals surface area contributed by atoms with E-state index in [9.17, 15) is 4.79 Å². The van der Waals surface area contributed by atoms with Gasteiger partial charge in [0, 0.05) is 12.3 Å². The zero-order valence-corrected chi connectivity index (χ0v) is 30.7. The lowest BCUT2D eigenvalue weighted by Gasteiger charge is -2.40. The van der Waals surface area contributed by atoms with E-state index in [-0.39, 0.29) is 28.3 Å². The summed E-state index contributed by atoms with van der Waals surface area (Å²) >= 11 is 0. The number of carbonyl (C=O) groups is 1. The first-order valence-corrected chi connectivity index (χ1v) is 21.8. The van der Waals surface area contributed by atoms with Crippen LogP contribution in [0.4, 0.5) is 0 Å². The molecular weight excluding hydrogens is 541 g/mol. The largest absolute Gasteiger partial charge is 0.469 e. The van der Waals surface area contributed by atoms with Crippen molar-refractivity contribution in [2.75, 3.05) is 7.11 Å². The van der Waals surface area contributed by atoms with Gasteiger partial charge < -0.3 is 13.6 Å². The Morgan fingerprint density at radius 1 is 0.854 bits per heavy atom. The van der Waals surface area contributed by atoms with Crippen molar-refractivity contribution in [1.29, 1.82) is 0 Å². The molecule has 236 valence electrons. The molecule has 0 aromatic rings. The second-order valence-electron chi connectivity index (χ2n) is 14.8. The van der Waals surface area contributed by atoms with Gasteiger partial charge in [-0.05, 0) is 87.1 Å². The van der Waals surface area contributed by atoms with Crippen LogP contribution in [0.2, 0.25) is 36.3 Å². The molecule has 0 heterocycles. The van der Waals surface area contributed by atoms with E-state index < -0.39 is 16.6 Å². The van der Waals surface area contributed by atoms with Gasteiger partial charge in [-0.15, -0.1) is 0 Å². The summed E-state index contributed by atoms with van der Waals surface area (Å²) in [5.74, 6) is 0.704. The molecule has 6 heteroatoms. The average molecular weight is 605 g/mol. The van der Waals surface area contributed by atoms with Gasteiger partial charge >= 0.3 is 5.97 Å². The van der Waals surface area contributed by atoms with Gasteiger partial charge in [0.15, 0.2) is 16.6 Å². The van der Waals surface area contributed by atoms with Crippen LogP contribution in [0, 0.1) is 11.8 Å². The van der Waals surface area contributed by atoms with E-state index in [0.29, 0.717) is 24.7 Å². The lowest BCUT2D eigenvalue weighted by Crippen LogP contribution is -2.45. The summed E-state index contributed by atoms with van der Waals surface area (Å²) < 4.78 is 18.8. The van der Waals surface area contributed by atoms with E-state index >= 15 is 0 Å². The van der Waals surface area contributed by atoms with Crippen molar-refractivity contribution >= 4 is 22.6 Å². The molecule has 0 amide bonds. The molecule has 0 aliphatic heterocycles. The summed E-state index contributed by atoms with van der Waals surface area (Å²) in [4.78, 5) is 12.0. The van der Waals surface area contributed by atoms with Crippen LogP contribution in [-0.4, -0.2) is 41.9 Å². The predicted molar refractivity (Wildman–Crippen MR) is 182 cm³/mol. The summed E-state index contributed by atoms with van der Waals surface area (Å²) in [6.45, 7) is 25.2. The van der Waals surface area contributed by atoms with Gasteiger partial charge in [0.2, 0.25) is 0 Å². The summed E-state index contributed by atoms with van der Waals surface area (Å²) in [7, 11) is -2.47. The number of hydrogen-bond acceptors (Lipinski definition) is 4. The normalized spacial score (nSPS) is 22.1. The Kier molecular flexibility index (Phi) is 15.8. The van der Waals surface area contributed by atoms with Crippen molar-refractivity contribution in [1.82, 2.24) is 0 Å². The molecule has 0 N–H and O–H groups in total.